The molecule has 5 rings (SSSR count). The number of halogens is 3. The average molecular weight is 401 g/mol. The second kappa shape index (κ2) is 6.39. The molecular weight excluding hydrogens is 375 g/mol. The van der Waals surface area contributed by atoms with E-state index in [1.54, 1.807) is 4.68 Å². The van der Waals surface area contributed by atoms with Crippen molar-refractivity contribution in [1.82, 2.24) is 14.7 Å². The molecule has 1 aromatic heterocycles. The van der Waals surface area contributed by atoms with Crippen LogP contribution in [0.15, 0.2) is 6.07 Å². The highest BCUT2D eigenvalue weighted by molar-refractivity contribution is 7.92. The summed E-state index contributed by atoms with van der Waals surface area (Å²) in [5, 5.41) is 3.91. The maximum Gasteiger partial charge on any atom is 0.435 e. The fraction of sp³-hybridized carbons (Fsp3) is 0.842. The van der Waals surface area contributed by atoms with Gasteiger partial charge < -0.3 is 4.55 Å². The number of likely N-dealkylation sites (tertiary alicyclic amines) is 1. The Hall–Kier alpha value is -0.730. The van der Waals surface area contributed by atoms with Crippen LogP contribution in [0.5, 0.6) is 0 Å². The molecule has 0 N–H and O–H groups in total. The SMILES string of the molecule is [O-][S+]1CC2(CCN(C3CCC(c4cc(C(F)(F)F)nn4C4CC4)CC3)C2)C1. The molecule has 4 fully saturated rings. The first-order valence-electron chi connectivity index (χ1n) is 10.1. The van der Waals surface area contributed by atoms with Crippen molar-refractivity contribution in [2.24, 2.45) is 5.41 Å². The average Bonchev–Trinajstić information content (AvgIpc) is 3.17. The van der Waals surface area contributed by atoms with Gasteiger partial charge in [0.05, 0.1) is 11.5 Å². The van der Waals surface area contributed by atoms with Gasteiger partial charge in [0.2, 0.25) is 0 Å². The standard InChI is InChI=1S/C19H26F3N3OS/c20-19(21,22)17-9-16(25(23-17)15-5-6-15)13-1-3-14(4-2-13)24-8-7-18(10-24)11-27(26)12-18/h9,13-15H,1-8,10-12H2. The molecule has 0 aromatic carbocycles. The van der Waals surface area contributed by atoms with Gasteiger partial charge in [-0.2, -0.15) is 18.3 Å². The highest BCUT2D eigenvalue weighted by atomic mass is 32.2. The minimum atomic E-state index is -4.36. The molecule has 1 spiro atoms. The molecule has 2 saturated carbocycles. The van der Waals surface area contributed by atoms with Crippen molar-refractivity contribution >= 4 is 11.2 Å². The maximum atomic E-state index is 13.1. The Morgan fingerprint density at radius 3 is 2.33 bits per heavy atom. The van der Waals surface area contributed by atoms with E-state index in [9.17, 15) is 17.7 Å². The lowest BCUT2D eigenvalue weighted by atomic mass is 9.83. The van der Waals surface area contributed by atoms with Gasteiger partial charge in [0.15, 0.2) is 5.69 Å². The van der Waals surface area contributed by atoms with Crippen LogP contribution in [0.4, 0.5) is 13.2 Å². The van der Waals surface area contributed by atoms with Gasteiger partial charge in [0.25, 0.3) is 0 Å². The lowest BCUT2D eigenvalue weighted by molar-refractivity contribution is -0.141. The van der Waals surface area contributed by atoms with Crippen molar-refractivity contribution < 1.29 is 17.7 Å². The third-order valence-electron chi connectivity index (χ3n) is 6.98. The van der Waals surface area contributed by atoms with Crippen LogP contribution in [0.25, 0.3) is 0 Å². The van der Waals surface area contributed by atoms with E-state index in [1.165, 1.54) is 6.07 Å². The Morgan fingerprint density at radius 1 is 1.07 bits per heavy atom. The summed E-state index contributed by atoms with van der Waals surface area (Å²) in [6, 6.07) is 2.01. The Balaban J connectivity index is 1.24. The van der Waals surface area contributed by atoms with E-state index >= 15 is 0 Å². The van der Waals surface area contributed by atoms with Crippen molar-refractivity contribution in [2.45, 2.75) is 69.1 Å². The number of alkyl halides is 3. The summed E-state index contributed by atoms with van der Waals surface area (Å²) in [5.74, 6) is 1.91. The molecule has 0 radical (unpaired) electrons. The predicted molar refractivity (Wildman–Crippen MR) is 97.0 cm³/mol. The highest BCUT2D eigenvalue weighted by Crippen LogP contribution is 2.46. The fourth-order valence-electron chi connectivity index (χ4n) is 5.36. The second-order valence-electron chi connectivity index (χ2n) is 9.08. The third-order valence-corrected chi connectivity index (χ3v) is 8.85. The van der Waals surface area contributed by atoms with E-state index in [0.29, 0.717) is 11.5 Å². The van der Waals surface area contributed by atoms with E-state index < -0.39 is 23.0 Å². The van der Waals surface area contributed by atoms with Crippen LogP contribution >= 0.6 is 0 Å². The molecule has 150 valence electrons. The Labute approximate surface area is 160 Å². The zero-order valence-corrected chi connectivity index (χ0v) is 16.2. The first kappa shape index (κ1) is 18.3. The molecule has 0 atom stereocenters. The summed E-state index contributed by atoms with van der Waals surface area (Å²) in [5.41, 5.74) is 0.370. The molecule has 3 heterocycles. The lowest BCUT2D eigenvalue weighted by Crippen LogP contribution is -2.51. The summed E-state index contributed by atoms with van der Waals surface area (Å²) < 4.78 is 52.6. The molecule has 0 amide bonds. The van der Waals surface area contributed by atoms with Gasteiger partial charge in [0.1, 0.15) is 11.5 Å². The summed E-state index contributed by atoms with van der Waals surface area (Å²) in [6.07, 6.45) is 2.64. The van der Waals surface area contributed by atoms with Gasteiger partial charge in [-0.05, 0) is 57.6 Å². The highest BCUT2D eigenvalue weighted by Gasteiger charge is 2.53. The minimum absolute atomic E-state index is 0.173. The fourth-order valence-corrected chi connectivity index (χ4v) is 7.11. The molecule has 0 bridgehead atoms. The van der Waals surface area contributed by atoms with E-state index in [1.807, 2.05) is 0 Å². The van der Waals surface area contributed by atoms with Crippen LogP contribution in [-0.2, 0) is 17.4 Å². The van der Waals surface area contributed by atoms with Crippen LogP contribution in [0.1, 0.15) is 68.3 Å². The molecule has 8 heteroatoms. The van der Waals surface area contributed by atoms with E-state index in [2.05, 4.69) is 10.00 Å². The normalized spacial score (nSPS) is 37.7. The predicted octanol–water partition coefficient (Wildman–Crippen LogP) is 3.72. The Kier molecular flexibility index (Phi) is 4.33. The summed E-state index contributed by atoms with van der Waals surface area (Å²) in [7, 11) is 0. The third kappa shape index (κ3) is 3.42. The van der Waals surface area contributed by atoms with E-state index in [-0.39, 0.29) is 12.0 Å². The molecule has 2 saturated heterocycles. The summed E-state index contributed by atoms with van der Waals surface area (Å²) in [6.45, 7) is 2.15. The topological polar surface area (TPSA) is 44.1 Å². The quantitative estimate of drug-likeness (QED) is 0.725. The second-order valence-corrected chi connectivity index (χ2v) is 10.5. The zero-order valence-electron chi connectivity index (χ0n) is 15.4. The molecule has 1 aromatic rings. The number of rotatable bonds is 3. The Bertz CT molecular complexity index is 704. The number of hydrogen-bond donors (Lipinski definition) is 0. The van der Waals surface area contributed by atoms with Gasteiger partial charge in [-0.1, -0.05) is 11.2 Å². The zero-order chi connectivity index (χ0) is 18.8. The van der Waals surface area contributed by atoms with Crippen LogP contribution in [0.3, 0.4) is 0 Å². The van der Waals surface area contributed by atoms with E-state index in [0.717, 1.165) is 75.2 Å². The van der Waals surface area contributed by atoms with Crippen LogP contribution in [-0.4, -0.2) is 49.9 Å². The largest absolute Gasteiger partial charge is 0.616 e. The molecule has 27 heavy (non-hydrogen) atoms. The summed E-state index contributed by atoms with van der Waals surface area (Å²) >= 11 is -0.606. The number of nitrogens with zero attached hydrogens (tertiary/aromatic N) is 3. The number of aromatic nitrogens is 2. The van der Waals surface area contributed by atoms with Gasteiger partial charge >= 0.3 is 6.18 Å². The van der Waals surface area contributed by atoms with Crippen molar-refractivity contribution in [3.8, 4) is 0 Å². The first-order valence-corrected chi connectivity index (χ1v) is 11.6. The molecule has 0 unspecified atom stereocenters. The van der Waals surface area contributed by atoms with Crippen LogP contribution in [0.2, 0.25) is 0 Å². The van der Waals surface area contributed by atoms with Crippen molar-refractivity contribution in [2.75, 3.05) is 24.6 Å². The van der Waals surface area contributed by atoms with Gasteiger partial charge in [0, 0.05) is 24.2 Å². The van der Waals surface area contributed by atoms with Gasteiger partial charge in [-0.15, -0.1) is 0 Å². The smallest absolute Gasteiger partial charge is 0.435 e. The monoisotopic (exact) mass is 401 g/mol. The Morgan fingerprint density at radius 2 is 1.74 bits per heavy atom. The molecule has 4 nitrogen and oxygen atoms in total. The van der Waals surface area contributed by atoms with Crippen molar-refractivity contribution in [3.63, 3.8) is 0 Å². The number of hydrogen-bond acceptors (Lipinski definition) is 3. The van der Waals surface area contributed by atoms with Crippen LogP contribution < -0.4 is 0 Å². The van der Waals surface area contributed by atoms with Gasteiger partial charge in [-0.25, -0.2) is 0 Å². The van der Waals surface area contributed by atoms with Crippen molar-refractivity contribution in [3.05, 3.63) is 17.5 Å². The maximum absolute atomic E-state index is 13.1. The molecule has 2 aliphatic heterocycles. The van der Waals surface area contributed by atoms with E-state index in [4.69, 9.17) is 0 Å². The molecular formula is C19H26F3N3OS. The first-order chi connectivity index (χ1) is 12.8. The lowest BCUT2D eigenvalue weighted by Gasteiger charge is -2.40. The molecule has 2 aliphatic carbocycles. The minimum Gasteiger partial charge on any atom is -0.616 e. The van der Waals surface area contributed by atoms with Gasteiger partial charge in [-0.3, -0.25) is 9.58 Å². The molecule has 4 aliphatic rings. The van der Waals surface area contributed by atoms with Crippen LogP contribution in [0, 0.1) is 5.41 Å². The van der Waals surface area contributed by atoms with Crippen molar-refractivity contribution in [1.29, 1.82) is 0 Å². The summed E-state index contributed by atoms with van der Waals surface area (Å²) in [4.78, 5) is 2.56.